The minimum absolute atomic E-state index is 0.0955. The highest BCUT2D eigenvalue weighted by Gasteiger charge is 2.52. The fourth-order valence-electron chi connectivity index (χ4n) is 5.80. The standard InChI is InChI=1S/C19H25N5O2/c1-23-18(24-6-2-5-20-24)15(11-21-23)17(25)22-16-3-4-19(26)9-12-7-13(10-19)14(16)8-12/h2,5-6,11-14,16,26H,3-4,7-10H2,1H3,(H,22,25)/t12?,13?,14?,16-,19-/m0/s1. The van der Waals surface area contributed by atoms with Crippen LogP contribution < -0.4 is 5.32 Å². The van der Waals surface area contributed by atoms with Gasteiger partial charge in [0.15, 0.2) is 5.82 Å². The van der Waals surface area contributed by atoms with E-state index in [0.717, 1.165) is 32.1 Å². The molecule has 2 aromatic rings. The first kappa shape index (κ1) is 16.1. The van der Waals surface area contributed by atoms with Crippen molar-refractivity contribution in [3.8, 4) is 5.82 Å². The Morgan fingerprint density at radius 2 is 2.23 bits per heavy atom. The van der Waals surface area contributed by atoms with Crippen molar-refractivity contribution < 1.29 is 9.90 Å². The molecule has 1 amide bonds. The lowest BCUT2D eigenvalue weighted by Gasteiger charge is -2.35. The summed E-state index contributed by atoms with van der Waals surface area (Å²) in [5.74, 6) is 2.24. The maximum atomic E-state index is 13.0. The van der Waals surface area contributed by atoms with Gasteiger partial charge in [-0.15, -0.1) is 0 Å². The molecule has 3 aliphatic rings. The topological polar surface area (TPSA) is 85.0 Å². The van der Waals surface area contributed by atoms with Gasteiger partial charge in [0.2, 0.25) is 0 Å². The number of carbonyl (C=O) groups is 1. The molecule has 3 aliphatic carbocycles. The van der Waals surface area contributed by atoms with E-state index in [1.807, 2.05) is 19.3 Å². The summed E-state index contributed by atoms with van der Waals surface area (Å²) in [7, 11) is 1.81. The third-order valence-electron chi connectivity index (χ3n) is 6.79. The molecule has 2 heterocycles. The van der Waals surface area contributed by atoms with E-state index in [4.69, 9.17) is 0 Å². The maximum absolute atomic E-state index is 13.0. The summed E-state index contributed by atoms with van der Waals surface area (Å²) >= 11 is 0. The first-order valence-corrected chi connectivity index (χ1v) is 9.58. The van der Waals surface area contributed by atoms with Crippen molar-refractivity contribution in [3.05, 3.63) is 30.2 Å². The second-order valence-electron chi connectivity index (χ2n) is 8.47. The fourth-order valence-corrected chi connectivity index (χ4v) is 5.80. The summed E-state index contributed by atoms with van der Waals surface area (Å²) in [6.07, 6.45) is 11.0. The van der Waals surface area contributed by atoms with Crippen LogP contribution in [0.5, 0.6) is 0 Å². The summed E-state index contributed by atoms with van der Waals surface area (Å²) in [5, 5.41) is 22.7. The van der Waals surface area contributed by atoms with Crippen LogP contribution in [0.15, 0.2) is 24.7 Å². The molecular formula is C19H25N5O2. The molecular weight excluding hydrogens is 330 g/mol. The van der Waals surface area contributed by atoms with Gasteiger partial charge in [0, 0.05) is 25.5 Å². The quantitative estimate of drug-likeness (QED) is 0.877. The molecule has 5 atom stereocenters. The highest BCUT2D eigenvalue weighted by molar-refractivity contribution is 5.97. The summed E-state index contributed by atoms with van der Waals surface area (Å²) < 4.78 is 3.34. The zero-order chi connectivity index (χ0) is 17.9. The van der Waals surface area contributed by atoms with Crippen LogP contribution in [0, 0.1) is 17.8 Å². The minimum atomic E-state index is -0.504. The van der Waals surface area contributed by atoms with E-state index in [1.54, 1.807) is 21.8 Å². The first-order chi connectivity index (χ1) is 12.5. The van der Waals surface area contributed by atoms with Gasteiger partial charge in [-0.2, -0.15) is 10.2 Å². The van der Waals surface area contributed by atoms with Gasteiger partial charge in [-0.05, 0) is 62.3 Å². The Morgan fingerprint density at radius 1 is 1.35 bits per heavy atom. The van der Waals surface area contributed by atoms with E-state index in [2.05, 4.69) is 15.5 Å². The molecule has 3 saturated carbocycles. The van der Waals surface area contributed by atoms with Crippen LogP contribution in [0.25, 0.3) is 5.82 Å². The monoisotopic (exact) mass is 355 g/mol. The molecule has 0 saturated heterocycles. The van der Waals surface area contributed by atoms with Crippen LogP contribution in [-0.4, -0.2) is 42.2 Å². The molecule has 26 heavy (non-hydrogen) atoms. The van der Waals surface area contributed by atoms with Crippen molar-refractivity contribution in [2.24, 2.45) is 24.8 Å². The average Bonchev–Trinajstić information content (AvgIpc) is 3.29. The lowest BCUT2D eigenvalue weighted by molar-refractivity contribution is -0.0247. The third-order valence-corrected chi connectivity index (χ3v) is 6.79. The summed E-state index contributed by atoms with van der Waals surface area (Å²) in [6, 6.07) is 1.97. The number of hydrogen-bond donors (Lipinski definition) is 2. The molecule has 3 unspecified atom stereocenters. The van der Waals surface area contributed by atoms with E-state index in [9.17, 15) is 9.90 Å². The Kier molecular flexibility index (Phi) is 3.50. The number of carbonyl (C=O) groups excluding carboxylic acids is 1. The number of aryl methyl sites for hydroxylation is 1. The van der Waals surface area contributed by atoms with E-state index in [-0.39, 0.29) is 11.9 Å². The van der Waals surface area contributed by atoms with Crippen LogP contribution in [0.2, 0.25) is 0 Å². The molecule has 7 nitrogen and oxygen atoms in total. The smallest absolute Gasteiger partial charge is 0.256 e. The summed E-state index contributed by atoms with van der Waals surface area (Å²) in [4.78, 5) is 13.0. The number of nitrogens with one attached hydrogen (secondary N) is 1. The minimum Gasteiger partial charge on any atom is -0.390 e. The van der Waals surface area contributed by atoms with Gasteiger partial charge in [0.25, 0.3) is 5.91 Å². The number of aromatic nitrogens is 4. The van der Waals surface area contributed by atoms with Crippen molar-refractivity contribution in [1.29, 1.82) is 0 Å². The molecule has 3 bridgehead atoms. The molecule has 2 N–H and O–H groups in total. The van der Waals surface area contributed by atoms with Crippen molar-refractivity contribution in [3.63, 3.8) is 0 Å². The van der Waals surface area contributed by atoms with Crippen LogP contribution in [0.3, 0.4) is 0 Å². The summed E-state index contributed by atoms with van der Waals surface area (Å²) in [5.41, 5.74) is 0.0370. The largest absolute Gasteiger partial charge is 0.390 e. The number of hydrogen-bond acceptors (Lipinski definition) is 4. The second-order valence-corrected chi connectivity index (χ2v) is 8.47. The first-order valence-electron chi connectivity index (χ1n) is 9.58. The zero-order valence-corrected chi connectivity index (χ0v) is 15.0. The Bertz CT molecular complexity index is 829. The number of rotatable bonds is 3. The zero-order valence-electron chi connectivity index (χ0n) is 15.0. The lowest BCUT2D eigenvalue weighted by atomic mass is 9.76. The molecule has 0 spiro atoms. The third kappa shape index (κ3) is 2.48. The molecule has 7 heteroatoms. The van der Waals surface area contributed by atoms with E-state index >= 15 is 0 Å². The molecule has 138 valence electrons. The van der Waals surface area contributed by atoms with Crippen LogP contribution in [-0.2, 0) is 7.05 Å². The van der Waals surface area contributed by atoms with E-state index in [0.29, 0.717) is 29.1 Å². The number of nitrogens with zero attached hydrogens (tertiary/aromatic N) is 4. The number of amides is 1. The maximum Gasteiger partial charge on any atom is 0.256 e. The van der Waals surface area contributed by atoms with Gasteiger partial charge >= 0.3 is 0 Å². The van der Waals surface area contributed by atoms with Gasteiger partial charge in [-0.25, -0.2) is 4.68 Å². The second kappa shape index (κ2) is 5.67. The molecule has 0 aromatic carbocycles. The van der Waals surface area contributed by atoms with Crippen molar-refractivity contribution in [1.82, 2.24) is 24.9 Å². The molecule has 0 radical (unpaired) electrons. The van der Waals surface area contributed by atoms with Crippen molar-refractivity contribution >= 4 is 5.91 Å². The number of fused-ring (bicyclic) bond motifs is 2. The molecule has 0 aliphatic heterocycles. The molecule has 5 rings (SSSR count). The van der Waals surface area contributed by atoms with Gasteiger partial charge in [-0.3, -0.25) is 9.48 Å². The Labute approximate surface area is 152 Å². The normalized spacial score (nSPS) is 35.5. The molecule has 2 aromatic heterocycles. The number of aliphatic hydroxyl groups is 1. The van der Waals surface area contributed by atoms with E-state index < -0.39 is 5.60 Å². The Morgan fingerprint density at radius 3 is 3.04 bits per heavy atom. The van der Waals surface area contributed by atoms with Crippen LogP contribution in [0.1, 0.15) is 48.9 Å². The van der Waals surface area contributed by atoms with Crippen molar-refractivity contribution in [2.75, 3.05) is 0 Å². The van der Waals surface area contributed by atoms with Crippen LogP contribution >= 0.6 is 0 Å². The van der Waals surface area contributed by atoms with E-state index in [1.165, 1.54) is 6.42 Å². The van der Waals surface area contributed by atoms with Crippen LogP contribution in [0.4, 0.5) is 0 Å². The molecule has 3 fully saturated rings. The highest BCUT2D eigenvalue weighted by Crippen LogP contribution is 2.55. The SMILES string of the molecule is Cn1ncc(C(=O)N[C@H]2CC[C@]3(O)CC4CC(C3)C2C4)c1-n1cccn1. The lowest BCUT2D eigenvalue weighted by Crippen LogP contribution is -2.41. The predicted octanol–water partition coefficient (Wildman–Crippen LogP) is 1.67. The van der Waals surface area contributed by atoms with Gasteiger partial charge in [0.1, 0.15) is 5.56 Å². The van der Waals surface area contributed by atoms with Crippen molar-refractivity contribution in [2.45, 2.75) is 50.2 Å². The summed E-state index contributed by atoms with van der Waals surface area (Å²) in [6.45, 7) is 0. The van der Waals surface area contributed by atoms with Gasteiger partial charge < -0.3 is 10.4 Å². The highest BCUT2D eigenvalue weighted by atomic mass is 16.3. The van der Waals surface area contributed by atoms with Gasteiger partial charge in [-0.1, -0.05) is 0 Å². The fraction of sp³-hybridized carbons (Fsp3) is 0.632. The Hall–Kier alpha value is -2.15. The predicted molar refractivity (Wildman–Crippen MR) is 94.7 cm³/mol. The Balaban J connectivity index is 1.40. The average molecular weight is 355 g/mol. The van der Waals surface area contributed by atoms with Gasteiger partial charge in [0.05, 0.1) is 11.8 Å².